The summed E-state index contributed by atoms with van der Waals surface area (Å²) in [6.07, 6.45) is -4.66. The molecule has 2 aromatic rings. The summed E-state index contributed by atoms with van der Waals surface area (Å²) in [6.45, 7) is 1.69. The molecule has 0 spiro atoms. The van der Waals surface area contributed by atoms with Crippen molar-refractivity contribution in [3.05, 3.63) is 58.6 Å². The van der Waals surface area contributed by atoms with E-state index in [0.29, 0.717) is 5.56 Å². The summed E-state index contributed by atoms with van der Waals surface area (Å²) in [5, 5.41) is 0.215. The first-order chi connectivity index (χ1) is 10.1. The van der Waals surface area contributed by atoms with Crippen molar-refractivity contribution < 1.29 is 21.6 Å². The summed E-state index contributed by atoms with van der Waals surface area (Å²) in [7, 11) is -4.17. The number of anilines is 1. The molecule has 0 aromatic heterocycles. The van der Waals surface area contributed by atoms with Gasteiger partial charge in [-0.1, -0.05) is 29.8 Å². The number of hydrogen-bond donors (Lipinski definition) is 1. The van der Waals surface area contributed by atoms with Crippen LogP contribution in [0.5, 0.6) is 0 Å². The Hall–Kier alpha value is -1.73. The summed E-state index contributed by atoms with van der Waals surface area (Å²) in [6, 6.07) is 8.30. The van der Waals surface area contributed by atoms with E-state index in [4.69, 9.17) is 11.6 Å². The van der Waals surface area contributed by atoms with Gasteiger partial charge >= 0.3 is 6.18 Å². The fourth-order valence-electron chi connectivity index (χ4n) is 1.76. The fraction of sp³-hybridized carbons (Fsp3) is 0.143. The van der Waals surface area contributed by atoms with Crippen molar-refractivity contribution in [2.45, 2.75) is 18.0 Å². The minimum atomic E-state index is -4.66. The molecule has 0 amide bonds. The summed E-state index contributed by atoms with van der Waals surface area (Å²) >= 11 is 5.85. The van der Waals surface area contributed by atoms with Gasteiger partial charge < -0.3 is 0 Å². The molecule has 3 nitrogen and oxygen atoms in total. The highest BCUT2D eigenvalue weighted by molar-refractivity contribution is 7.92. The Balaban J connectivity index is 2.44. The SMILES string of the molecule is Cc1ccc(S(=O)(=O)Nc2ccccc2C(F)(F)F)cc1Cl. The molecule has 0 atom stereocenters. The smallest absolute Gasteiger partial charge is 0.279 e. The lowest BCUT2D eigenvalue weighted by Gasteiger charge is -2.15. The number of aryl methyl sites for hydroxylation is 1. The van der Waals surface area contributed by atoms with E-state index in [2.05, 4.69) is 0 Å². The van der Waals surface area contributed by atoms with Crippen molar-refractivity contribution in [1.29, 1.82) is 0 Å². The van der Waals surface area contributed by atoms with Crippen LogP contribution in [0.15, 0.2) is 47.4 Å². The fourth-order valence-corrected chi connectivity index (χ4v) is 3.11. The van der Waals surface area contributed by atoms with Crippen LogP contribution in [0, 0.1) is 6.92 Å². The summed E-state index contributed by atoms with van der Waals surface area (Å²) in [5.74, 6) is 0. The lowest BCUT2D eigenvalue weighted by molar-refractivity contribution is -0.136. The van der Waals surface area contributed by atoms with Crippen molar-refractivity contribution >= 4 is 27.3 Å². The lowest BCUT2D eigenvalue weighted by atomic mass is 10.2. The van der Waals surface area contributed by atoms with Crippen LogP contribution in [0.2, 0.25) is 5.02 Å². The van der Waals surface area contributed by atoms with E-state index in [1.54, 1.807) is 6.92 Å². The molecule has 2 rings (SSSR count). The first-order valence-electron chi connectivity index (χ1n) is 6.06. The molecule has 22 heavy (non-hydrogen) atoms. The Morgan fingerprint density at radius 1 is 1.09 bits per heavy atom. The predicted molar refractivity (Wildman–Crippen MR) is 78.4 cm³/mol. The van der Waals surface area contributed by atoms with Crippen molar-refractivity contribution in [1.82, 2.24) is 0 Å². The molecule has 2 aromatic carbocycles. The van der Waals surface area contributed by atoms with E-state index in [-0.39, 0.29) is 9.92 Å². The van der Waals surface area contributed by atoms with Crippen LogP contribution in [0.4, 0.5) is 18.9 Å². The Kier molecular flexibility index (Phi) is 4.39. The van der Waals surface area contributed by atoms with E-state index in [9.17, 15) is 21.6 Å². The Bertz CT molecular complexity index is 804. The molecule has 1 N–H and O–H groups in total. The van der Waals surface area contributed by atoms with Crippen LogP contribution >= 0.6 is 11.6 Å². The summed E-state index contributed by atoms with van der Waals surface area (Å²) in [5.41, 5.74) is -0.931. The van der Waals surface area contributed by atoms with Crippen molar-refractivity contribution in [3.8, 4) is 0 Å². The second kappa shape index (κ2) is 5.81. The monoisotopic (exact) mass is 349 g/mol. The average molecular weight is 350 g/mol. The minimum Gasteiger partial charge on any atom is -0.279 e. The van der Waals surface area contributed by atoms with Crippen molar-refractivity contribution in [3.63, 3.8) is 0 Å². The standard InChI is InChI=1S/C14H11ClF3NO2S/c1-9-6-7-10(8-12(9)15)22(20,21)19-13-5-3-2-4-11(13)14(16,17)18/h2-8,19H,1H3. The minimum absolute atomic E-state index is 0.208. The van der Waals surface area contributed by atoms with Gasteiger partial charge in [-0.3, -0.25) is 4.72 Å². The lowest BCUT2D eigenvalue weighted by Crippen LogP contribution is -2.17. The number of nitrogens with one attached hydrogen (secondary N) is 1. The van der Waals surface area contributed by atoms with Gasteiger partial charge in [0.25, 0.3) is 10.0 Å². The zero-order valence-corrected chi connectivity index (χ0v) is 12.9. The van der Waals surface area contributed by atoms with Gasteiger partial charge in [-0.15, -0.1) is 0 Å². The number of rotatable bonds is 3. The number of benzene rings is 2. The number of alkyl halides is 3. The first kappa shape index (κ1) is 16.6. The quantitative estimate of drug-likeness (QED) is 0.888. The van der Waals surface area contributed by atoms with Gasteiger partial charge in [-0.25, -0.2) is 8.42 Å². The third kappa shape index (κ3) is 3.53. The number of para-hydroxylation sites is 1. The average Bonchev–Trinajstić information content (AvgIpc) is 2.40. The molecule has 0 unspecified atom stereocenters. The highest BCUT2D eigenvalue weighted by Crippen LogP contribution is 2.35. The topological polar surface area (TPSA) is 46.2 Å². The highest BCUT2D eigenvalue weighted by atomic mass is 35.5. The highest BCUT2D eigenvalue weighted by Gasteiger charge is 2.34. The second-order valence-corrected chi connectivity index (χ2v) is 6.65. The number of hydrogen-bond acceptors (Lipinski definition) is 2. The van der Waals surface area contributed by atoms with Crippen LogP contribution in [0.3, 0.4) is 0 Å². The Labute approximate surface area is 130 Å². The summed E-state index contributed by atoms with van der Waals surface area (Å²) < 4.78 is 65.0. The van der Waals surface area contributed by atoms with Gasteiger partial charge in [-0.2, -0.15) is 13.2 Å². The second-order valence-electron chi connectivity index (χ2n) is 4.56. The third-order valence-electron chi connectivity index (χ3n) is 2.93. The molecule has 0 heterocycles. The van der Waals surface area contributed by atoms with Gasteiger partial charge in [-0.05, 0) is 36.8 Å². The van der Waals surface area contributed by atoms with E-state index in [0.717, 1.165) is 12.1 Å². The zero-order valence-electron chi connectivity index (χ0n) is 11.3. The van der Waals surface area contributed by atoms with Crippen LogP contribution in [-0.2, 0) is 16.2 Å². The van der Waals surface area contributed by atoms with E-state index in [1.807, 2.05) is 4.72 Å². The maximum atomic E-state index is 12.9. The third-order valence-corrected chi connectivity index (χ3v) is 4.70. The van der Waals surface area contributed by atoms with Gasteiger partial charge in [0.1, 0.15) is 0 Å². The summed E-state index contributed by atoms with van der Waals surface area (Å²) in [4.78, 5) is -0.208. The van der Waals surface area contributed by atoms with Crippen molar-refractivity contribution in [2.24, 2.45) is 0 Å². The molecule has 0 aliphatic rings. The van der Waals surface area contributed by atoms with E-state index >= 15 is 0 Å². The largest absolute Gasteiger partial charge is 0.418 e. The van der Waals surface area contributed by atoms with Crippen LogP contribution in [-0.4, -0.2) is 8.42 Å². The number of halogens is 4. The molecule has 0 saturated heterocycles. The molecule has 0 radical (unpaired) electrons. The predicted octanol–water partition coefficient (Wildman–Crippen LogP) is 4.47. The Morgan fingerprint density at radius 2 is 1.73 bits per heavy atom. The van der Waals surface area contributed by atoms with Crippen molar-refractivity contribution in [2.75, 3.05) is 4.72 Å². The molecular formula is C14H11ClF3NO2S. The maximum Gasteiger partial charge on any atom is 0.418 e. The maximum absolute atomic E-state index is 12.9. The van der Waals surface area contributed by atoms with Gasteiger partial charge in [0.2, 0.25) is 0 Å². The zero-order chi connectivity index (χ0) is 16.5. The van der Waals surface area contributed by atoms with Crippen LogP contribution in [0.25, 0.3) is 0 Å². The molecule has 118 valence electrons. The molecule has 0 aliphatic carbocycles. The van der Waals surface area contributed by atoms with Gasteiger partial charge in [0.05, 0.1) is 16.1 Å². The molecular weight excluding hydrogens is 339 g/mol. The van der Waals surface area contributed by atoms with Gasteiger partial charge in [0.15, 0.2) is 0 Å². The molecule has 0 aliphatic heterocycles. The molecule has 0 fully saturated rings. The number of sulfonamides is 1. The molecule has 0 saturated carbocycles. The normalized spacial score (nSPS) is 12.2. The van der Waals surface area contributed by atoms with Gasteiger partial charge in [0, 0.05) is 5.02 Å². The first-order valence-corrected chi connectivity index (χ1v) is 7.92. The van der Waals surface area contributed by atoms with E-state index in [1.165, 1.54) is 30.3 Å². The van der Waals surface area contributed by atoms with Crippen LogP contribution in [0.1, 0.15) is 11.1 Å². The molecule has 0 bridgehead atoms. The Morgan fingerprint density at radius 3 is 2.32 bits per heavy atom. The van der Waals surface area contributed by atoms with Crippen LogP contribution < -0.4 is 4.72 Å². The molecule has 8 heteroatoms. The van der Waals surface area contributed by atoms with E-state index < -0.39 is 27.5 Å².